The van der Waals surface area contributed by atoms with E-state index in [1.54, 1.807) is 7.11 Å². The van der Waals surface area contributed by atoms with Gasteiger partial charge in [0.15, 0.2) is 0 Å². The van der Waals surface area contributed by atoms with Crippen LogP contribution in [0.25, 0.3) is 0 Å². The first-order valence-corrected chi connectivity index (χ1v) is 3.95. The maximum absolute atomic E-state index is 5.01. The van der Waals surface area contributed by atoms with Crippen molar-refractivity contribution in [1.82, 2.24) is 0 Å². The molecule has 0 radical (unpaired) electrons. The van der Waals surface area contributed by atoms with E-state index in [1.165, 1.54) is 0 Å². The van der Waals surface area contributed by atoms with Crippen molar-refractivity contribution in [2.75, 3.05) is 19.5 Å². The minimum Gasteiger partial charge on any atom is -0.384 e. The van der Waals surface area contributed by atoms with Crippen molar-refractivity contribution in [2.24, 2.45) is 11.8 Å². The Kier molecular flexibility index (Phi) is 5.30. The molecular formula is C7H16OS. The predicted molar refractivity (Wildman–Crippen MR) is 44.1 cm³/mol. The first-order chi connectivity index (χ1) is 4.22. The highest BCUT2D eigenvalue weighted by atomic mass is 32.1. The van der Waals surface area contributed by atoms with Crippen molar-refractivity contribution in [3.63, 3.8) is 0 Å². The van der Waals surface area contributed by atoms with Gasteiger partial charge in [-0.3, -0.25) is 0 Å². The van der Waals surface area contributed by atoms with Crippen LogP contribution in [0.15, 0.2) is 0 Å². The zero-order valence-corrected chi connectivity index (χ0v) is 7.32. The van der Waals surface area contributed by atoms with E-state index in [0.29, 0.717) is 11.8 Å². The third kappa shape index (κ3) is 3.82. The van der Waals surface area contributed by atoms with E-state index in [-0.39, 0.29) is 0 Å². The van der Waals surface area contributed by atoms with Gasteiger partial charge in [-0.05, 0) is 17.6 Å². The average molecular weight is 148 g/mol. The Morgan fingerprint density at radius 2 is 2.00 bits per heavy atom. The van der Waals surface area contributed by atoms with E-state index < -0.39 is 0 Å². The molecule has 0 aliphatic carbocycles. The van der Waals surface area contributed by atoms with Crippen molar-refractivity contribution < 1.29 is 4.74 Å². The maximum atomic E-state index is 5.01. The molecule has 0 N–H and O–H groups in total. The fraction of sp³-hybridized carbons (Fsp3) is 1.00. The molecular weight excluding hydrogens is 132 g/mol. The van der Waals surface area contributed by atoms with Crippen LogP contribution in [0, 0.1) is 11.8 Å². The lowest BCUT2D eigenvalue weighted by atomic mass is 9.99. The van der Waals surface area contributed by atoms with E-state index in [0.717, 1.165) is 12.4 Å². The Labute approximate surface area is 63.2 Å². The molecule has 9 heavy (non-hydrogen) atoms. The van der Waals surface area contributed by atoms with Gasteiger partial charge in [-0.2, -0.15) is 12.6 Å². The maximum Gasteiger partial charge on any atom is 0.0500 e. The van der Waals surface area contributed by atoms with Crippen molar-refractivity contribution in [3.05, 3.63) is 0 Å². The van der Waals surface area contributed by atoms with Crippen LogP contribution in [0.3, 0.4) is 0 Å². The van der Waals surface area contributed by atoms with Crippen LogP contribution in [-0.2, 0) is 4.74 Å². The molecule has 0 aromatic heterocycles. The summed E-state index contributed by atoms with van der Waals surface area (Å²) >= 11 is 4.21. The normalized spacial score (nSPS) is 14.3. The fourth-order valence-corrected chi connectivity index (χ4v) is 1.20. The van der Waals surface area contributed by atoms with Crippen LogP contribution in [-0.4, -0.2) is 19.5 Å². The van der Waals surface area contributed by atoms with Gasteiger partial charge in [0.2, 0.25) is 0 Å². The van der Waals surface area contributed by atoms with Gasteiger partial charge in [0.25, 0.3) is 0 Å². The summed E-state index contributed by atoms with van der Waals surface area (Å²) in [6.07, 6.45) is 0. The Morgan fingerprint density at radius 1 is 1.44 bits per heavy atom. The average Bonchev–Trinajstić information content (AvgIpc) is 1.82. The lowest BCUT2D eigenvalue weighted by Crippen LogP contribution is -2.16. The SMILES string of the molecule is COCC(CS)C(C)C. The molecule has 0 rings (SSSR count). The summed E-state index contributed by atoms with van der Waals surface area (Å²) in [6, 6.07) is 0. The molecule has 2 heteroatoms. The number of thiol groups is 1. The van der Waals surface area contributed by atoms with Crippen LogP contribution in [0.5, 0.6) is 0 Å². The first-order valence-electron chi connectivity index (χ1n) is 3.32. The van der Waals surface area contributed by atoms with E-state index in [9.17, 15) is 0 Å². The highest BCUT2D eigenvalue weighted by Crippen LogP contribution is 2.11. The standard InChI is InChI=1S/C7H16OS/c1-6(2)7(5-9)4-8-3/h6-7,9H,4-5H2,1-3H3. The minimum atomic E-state index is 0.610. The number of methoxy groups -OCH3 is 1. The van der Waals surface area contributed by atoms with Gasteiger partial charge in [0.1, 0.15) is 0 Å². The molecule has 0 aromatic rings. The van der Waals surface area contributed by atoms with E-state index >= 15 is 0 Å². The second kappa shape index (κ2) is 5.12. The molecule has 0 aromatic carbocycles. The van der Waals surface area contributed by atoms with Gasteiger partial charge in [0.05, 0.1) is 6.61 Å². The van der Waals surface area contributed by atoms with E-state index in [1.807, 2.05) is 0 Å². The number of ether oxygens (including phenoxy) is 1. The number of hydrogen-bond donors (Lipinski definition) is 1. The lowest BCUT2D eigenvalue weighted by Gasteiger charge is -2.16. The molecule has 0 heterocycles. The zero-order valence-electron chi connectivity index (χ0n) is 6.42. The summed E-state index contributed by atoms with van der Waals surface area (Å²) in [4.78, 5) is 0. The fourth-order valence-electron chi connectivity index (χ4n) is 0.670. The topological polar surface area (TPSA) is 9.23 Å². The van der Waals surface area contributed by atoms with Crippen LogP contribution in [0.2, 0.25) is 0 Å². The molecule has 1 unspecified atom stereocenters. The molecule has 1 nitrogen and oxygen atoms in total. The molecule has 0 saturated carbocycles. The molecule has 0 aliphatic rings. The third-order valence-corrected chi connectivity index (χ3v) is 2.03. The van der Waals surface area contributed by atoms with Gasteiger partial charge in [-0.25, -0.2) is 0 Å². The molecule has 1 atom stereocenters. The summed E-state index contributed by atoms with van der Waals surface area (Å²) < 4.78 is 5.01. The third-order valence-electron chi connectivity index (χ3n) is 1.56. The van der Waals surface area contributed by atoms with Crippen LogP contribution >= 0.6 is 12.6 Å². The monoisotopic (exact) mass is 148 g/mol. The Balaban J connectivity index is 3.41. The Bertz CT molecular complexity index is 63.9. The second-order valence-electron chi connectivity index (χ2n) is 2.64. The zero-order chi connectivity index (χ0) is 7.28. The van der Waals surface area contributed by atoms with Crippen LogP contribution in [0.4, 0.5) is 0 Å². The van der Waals surface area contributed by atoms with Gasteiger partial charge in [-0.15, -0.1) is 0 Å². The summed E-state index contributed by atoms with van der Waals surface area (Å²) in [5, 5.41) is 0. The van der Waals surface area contributed by atoms with Gasteiger partial charge < -0.3 is 4.74 Å². The van der Waals surface area contributed by atoms with Gasteiger partial charge in [-0.1, -0.05) is 13.8 Å². The Morgan fingerprint density at radius 3 is 2.11 bits per heavy atom. The molecule has 0 fully saturated rings. The summed E-state index contributed by atoms with van der Waals surface area (Å²) in [6.45, 7) is 5.22. The van der Waals surface area contributed by atoms with Crippen molar-refractivity contribution in [1.29, 1.82) is 0 Å². The summed E-state index contributed by atoms with van der Waals surface area (Å²) in [5.74, 6) is 2.21. The van der Waals surface area contributed by atoms with Crippen molar-refractivity contribution >= 4 is 12.6 Å². The van der Waals surface area contributed by atoms with Crippen LogP contribution in [0.1, 0.15) is 13.8 Å². The van der Waals surface area contributed by atoms with Gasteiger partial charge >= 0.3 is 0 Å². The summed E-state index contributed by atoms with van der Waals surface area (Å²) in [7, 11) is 1.73. The quantitative estimate of drug-likeness (QED) is 0.598. The first kappa shape index (κ1) is 9.31. The number of hydrogen-bond acceptors (Lipinski definition) is 2. The smallest absolute Gasteiger partial charge is 0.0500 e. The minimum absolute atomic E-state index is 0.610. The largest absolute Gasteiger partial charge is 0.384 e. The predicted octanol–water partition coefficient (Wildman–Crippen LogP) is 1.83. The highest BCUT2D eigenvalue weighted by molar-refractivity contribution is 7.80. The lowest BCUT2D eigenvalue weighted by molar-refractivity contribution is 0.141. The van der Waals surface area contributed by atoms with E-state index in [4.69, 9.17) is 4.74 Å². The Hall–Kier alpha value is 0.310. The number of rotatable bonds is 4. The van der Waals surface area contributed by atoms with E-state index in [2.05, 4.69) is 26.5 Å². The van der Waals surface area contributed by atoms with Crippen LogP contribution < -0.4 is 0 Å². The van der Waals surface area contributed by atoms with Gasteiger partial charge in [0, 0.05) is 7.11 Å². The molecule has 0 saturated heterocycles. The molecule has 0 amide bonds. The highest BCUT2D eigenvalue weighted by Gasteiger charge is 2.09. The molecule has 0 spiro atoms. The van der Waals surface area contributed by atoms with Crippen molar-refractivity contribution in [2.45, 2.75) is 13.8 Å². The summed E-state index contributed by atoms with van der Waals surface area (Å²) in [5.41, 5.74) is 0. The second-order valence-corrected chi connectivity index (χ2v) is 3.01. The molecule has 0 aliphatic heterocycles. The molecule has 56 valence electrons. The van der Waals surface area contributed by atoms with Crippen molar-refractivity contribution in [3.8, 4) is 0 Å². The molecule has 0 bridgehead atoms.